The number of nitrogens with zero attached hydrogens (tertiary/aromatic N) is 2. The molecule has 0 saturated heterocycles. The highest BCUT2D eigenvalue weighted by molar-refractivity contribution is 7.98. The Balaban J connectivity index is 1.93. The molecule has 0 spiro atoms. The molecular weight excluding hydrogens is 386 g/mol. The summed E-state index contributed by atoms with van der Waals surface area (Å²) in [6, 6.07) is 7.64. The Morgan fingerprint density at radius 1 is 1.10 bits per heavy atom. The summed E-state index contributed by atoms with van der Waals surface area (Å²) in [6.45, 7) is 9.54. The van der Waals surface area contributed by atoms with Gasteiger partial charge in [-0.15, -0.1) is 0 Å². The molecule has 0 unspecified atom stereocenters. The Bertz CT molecular complexity index is 860. The van der Waals surface area contributed by atoms with Crippen LogP contribution >= 0.6 is 11.8 Å². The van der Waals surface area contributed by atoms with Gasteiger partial charge in [0.05, 0.1) is 0 Å². The molecular formula is C22H29N3O3S. The zero-order chi connectivity index (χ0) is 21.6. The van der Waals surface area contributed by atoms with Crippen LogP contribution in [-0.4, -0.2) is 34.2 Å². The minimum absolute atomic E-state index is 0.170. The van der Waals surface area contributed by atoms with Gasteiger partial charge in [0.1, 0.15) is 0 Å². The number of ether oxygens (including phenoxy) is 1. The molecule has 0 saturated carbocycles. The summed E-state index contributed by atoms with van der Waals surface area (Å²) in [5.74, 6) is -0.487. The molecule has 0 aliphatic carbocycles. The quantitative estimate of drug-likeness (QED) is 0.390. The standard InChI is InChI=1S/C22H29N3O3S/c1-13(2)17-9-7-8-10-19(17)25-21(27)16(5)28-20(26)12-11-18-14(3)23-22(29-6)24-15(18)4/h7-10,13,16H,11-12H2,1-6H3,(H,25,27)/t16-/m1/s1. The number of esters is 1. The van der Waals surface area contributed by atoms with Gasteiger partial charge in [0.2, 0.25) is 0 Å². The van der Waals surface area contributed by atoms with E-state index in [0.717, 1.165) is 33.4 Å². The lowest BCUT2D eigenvalue weighted by Gasteiger charge is -2.17. The molecule has 6 nitrogen and oxygen atoms in total. The number of aromatic nitrogens is 2. The Morgan fingerprint density at radius 3 is 2.31 bits per heavy atom. The molecule has 1 N–H and O–H groups in total. The highest BCUT2D eigenvalue weighted by Gasteiger charge is 2.20. The maximum Gasteiger partial charge on any atom is 0.306 e. The fraction of sp³-hybridized carbons (Fsp3) is 0.455. The highest BCUT2D eigenvalue weighted by Crippen LogP contribution is 2.24. The summed E-state index contributed by atoms with van der Waals surface area (Å²) in [5, 5.41) is 3.58. The zero-order valence-electron chi connectivity index (χ0n) is 17.9. The van der Waals surface area contributed by atoms with Crippen molar-refractivity contribution < 1.29 is 14.3 Å². The Kier molecular flexibility index (Phi) is 8.20. The van der Waals surface area contributed by atoms with Gasteiger partial charge in [-0.2, -0.15) is 0 Å². The maximum absolute atomic E-state index is 12.5. The van der Waals surface area contributed by atoms with Crippen LogP contribution in [0.4, 0.5) is 5.69 Å². The molecule has 1 aromatic carbocycles. The number of hydrogen-bond acceptors (Lipinski definition) is 6. The van der Waals surface area contributed by atoms with Gasteiger partial charge in [-0.3, -0.25) is 9.59 Å². The molecule has 0 aliphatic rings. The molecule has 2 aromatic rings. The van der Waals surface area contributed by atoms with Gasteiger partial charge >= 0.3 is 5.97 Å². The summed E-state index contributed by atoms with van der Waals surface area (Å²) in [5.41, 5.74) is 4.46. The third-order valence-corrected chi connectivity index (χ3v) is 5.23. The first kappa shape index (κ1) is 22.9. The molecule has 7 heteroatoms. The second kappa shape index (κ2) is 10.4. The van der Waals surface area contributed by atoms with Crippen molar-refractivity contribution in [2.24, 2.45) is 0 Å². The van der Waals surface area contributed by atoms with E-state index in [2.05, 4.69) is 29.1 Å². The Morgan fingerprint density at radius 2 is 1.72 bits per heavy atom. The van der Waals surface area contributed by atoms with Gasteiger partial charge in [-0.25, -0.2) is 9.97 Å². The van der Waals surface area contributed by atoms with Crippen molar-refractivity contribution in [1.29, 1.82) is 0 Å². The van der Waals surface area contributed by atoms with Crippen molar-refractivity contribution in [1.82, 2.24) is 9.97 Å². The number of amides is 1. The molecule has 1 atom stereocenters. The van der Waals surface area contributed by atoms with Gasteiger partial charge in [0, 0.05) is 23.5 Å². The summed E-state index contributed by atoms with van der Waals surface area (Å²) < 4.78 is 5.34. The summed E-state index contributed by atoms with van der Waals surface area (Å²) in [6.07, 6.45) is 1.71. The molecule has 0 aliphatic heterocycles. The number of para-hydroxylation sites is 1. The van der Waals surface area contributed by atoms with Crippen molar-refractivity contribution in [3.8, 4) is 0 Å². The smallest absolute Gasteiger partial charge is 0.306 e. The molecule has 1 amide bonds. The van der Waals surface area contributed by atoms with Crippen LogP contribution in [0.15, 0.2) is 29.4 Å². The number of anilines is 1. The minimum Gasteiger partial charge on any atom is -0.453 e. The number of carbonyl (C=O) groups is 2. The SMILES string of the molecule is CSc1nc(C)c(CCC(=O)O[C@H](C)C(=O)Nc2ccccc2C(C)C)c(C)n1. The van der Waals surface area contributed by atoms with Gasteiger partial charge in [-0.05, 0) is 56.6 Å². The number of carbonyl (C=O) groups excluding carboxylic acids is 2. The average molecular weight is 416 g/mol. The number of aryl methyl sites for hydroxylation is 2. The van der Waals surface area contributed by atoms with Crippen molar-refractivity contribution in [3.05, 3.63) is 46.8 Å². The highest BCUT2D eigenvalue weighted by atomic mass is 32.2. The van der Waals surface area contributed by atoms with E-state index in [4.69, 9.17) is 4.74 Å². The fourth-order valence-corrected chi connectivity index (χ4v) is 3.50. The molecule has 0 fully saturated rings. The van der Waals surface area contributed by atoms with Crippen LogP contribution in [0.5, 0.6) is 0 Å². The van der Waals surface area contributed by atoms with Crippen LogP contribution in [0, 0.1) is 13.8 Å². The first-order valence-electron chi connectivity index (χ1n) is 9.70. The second-order valence-electron chi connectivity index (χ2n) is 7.22. The summed E-state index contributed by atoms with van der Waals surface area (Å²) >= 11 is 1.49. The van der Waals surface area contributed by atoms with Crippen molar-refractivity contribution in [3.63, 3.8) is 0 Å². The Labute approximate surface area is 176 Å². The molecule has 0 bridgehead atoms. The first-order valence-corrected chi connectivity index (χ1v) is 10.9. The van der Waals surface area contributed by atoms with Crippen LogP contribution in [0.1, 0.15) is 55.6 Å². The molecule has 156 valence electrons. The number of hydrogen-bond donors (Lipinski definition) is 1. The molecule has 1 heterocycles. The van der Waals surface area contributed by atoms with E-state index in [-0.39, 0.29) is 18.2 Å². The number of rotatable bonds is 8. The minimum atomic E-state index is -0.875. The lowest BCUT2D eigenvalue weighted by atomic mass is 10.0. The van der Waals surface area contributed by atoms with E-state index < -0.39 is 12.1 Å². The molecule has 0 radical (unpaired) electrons. The third-order valence-electron chi connectivity index (χ3n) is 4.68. The van der Waals surface area contributed by atoms with Crippen LogP contribution in [-0.2, 0) is 20.7 Å². The van der Waals surface area contributed by atoms with Gasteiger partial charge in [-0.1, -0.05) is 43.8 Å². The number of benzene rings is 1. The summed E-state index contributed by atoms with van der Waals surface area (Å²) in [4.78, 5) is 33.6. The topological polar surface area (TPSA) is 81.2 Å². The van der Waals surface area contributed by atoms with E-state index in [1.165, 1.54) is 11.8 Å². The predicted octanol–water partition coefficient (Wildman–Crippen LogP) is 4.44. The maximum atomic E-state index is 12.5. The zero-order valence-corrected chi connectivity index (χ0v) is 18.7. The second-order valence-corrected chi connectivity index (χ2v) is 8.00. The monoisotopic (exact) mass is 415 g/mol. The lowest BCUT2D eigenvalue weighted by Crippen LogP contribution is -2.30. The summed E-state index contributed by atoms with van der Waals surface area (Å²) in [7, 11) is 0. The fourth-order valence-electron chi connectivity index (χ4n) is 3.05. The molecule has 29 heavy (non-hydrogen) atoms. The average Bonchev–Trinajstić information content (AvgIpc) is 2.67. The van der Waals surface area contributed by atoms with E-state index in [1.807, 2.05) is 44.4 Å². The van der Waals surface area contributed by atoms with Crippen molar-refractivity contribution in [2.45, 2.75) is 64.6 Å². The Hall–Kier alpha value is -2.41. The molecule has 1 aromatic heterocycles. The van der Waals surface area contributed by atoms with Crippen LogP contribution in [0.25, 0.3) is 0 Å². The molecule has 2 rings (SSSR count). The van der Waals surface area contributed by atoms with Crippen LogP contribution in [0.3, 0.4) is 0 Å². The third kappa shape index (κ3) is 6.29. The number of nitrogens with one attached hydrogen (secondary N) is 1. The predicted molar refractivity (Wildman–Crippen MR) is 116 cm³/mol. The number of thioether (sulfide) groups is 1. The van der Waals surface area contributed by atoms with Crippen molar-refractivity contribution >= 4 is 29.3 Å². The largest absolute Gasteiger partial charge is 0.453 e. The van der Waals surface area contributed by atoms with E-state index >= 15 is 0 Å². The van der Waals surface area contributed by atoms with Gasteiger partial charge in [0.15, 0.2) is 11.3 Å². The van der Waals surface area contributed by atoms with E-state index in [0.29, 0.717) is 6.42 Å². The van der Waals surface area contributed by atoms with Crippen LogP contribution < -0.4 is 5.32 Å². The lowest BCUT2D eigenvalue weighted by molar-refractivity contribution is -0.153. The normalized spacial score (nSPS) is 12.0. The van der Waals surface area contributed by atoms with Crippen molar-refractivity contribution in [2.75, 3.05) is 11.6 Å². The van der Waals surface area contributed by atoms with Crippen LogP contribution in [0.2, 0.25) is 0 Å². The van der Waals surface area contributed by atoms with E-state index in [9.17, 15) is 9.59 Å². The van der Waals surface area contributed by atoms with Gasteiger partial charge < -0.3 is 10.1 Å². The van der Waals surface area contributed by atoms with E-state index in [1.54, 1.807) is 6.92 Å². The first-order chi connectivity index (χ1) is 13.7. The van der Waals surface area contributed by atoms with Gasteiger partial charge in [0.25, 0.3) is 5.91 Å².